The van der Waals surface area contributed by atoms with Crippen LogP contribution in [0, 0.1) is 5.92 Å². The van der Waals surface area contributed by atoms with Crippen LogP contribution in [0.2, 0.25) is 0 Å². The Bertz CT molecular complexity index is 619. The molecule has 2 rings (SSSR count). The molecule has 1 aromatic carbocycles. The standard InChI is InChI=1S/C16H23N3O2/c1-5-19-13-9-7-6-8-12(13)18-14(19)10-17-15(11(2)3)16(20)21-4/h6-9,11,15,17H,5,10H2,1-4H3/t15-/m0/s1. The van der Waals surface area contributed by atoms with Crippen LogP contribution in [0.5, 0.6) is 0 Å². The van der Waals surface area contributed by atoms with E-state index in [0.29, 0.717) is 6.54 Å². The molecule has 0 aliphatic carbocycles. The summed E-state index contributed by atoms with van der Waals surface area (Å²) in [6.45, 7) is 7.48. The number of aromatic nitrogens is 2. The summed E-state index contributed by atoms with van der Waals surface area (Å²) in [7, 11) is 1.42. The van der Waals surface area contributed by atoms with Crippen molar-refractivity contribution in [1.82, 2.24) is 14.9 Å². The van der Waals surface area contributed by atoms with E-state index >= 15 is 0 Å². The summed E-state index contributed by atoms with van der Waals surface area (Å²) in [5.74, 6) is 0.870. The van der Waals surface area contributed by atoms with Crippen molar-refractivity contribution in [3.63, 3.8) is 0 Å². The molecule has 1 aromatic heterocycles. The lowest BCUT2D eigenvalue weighted by atomic mass is 10.0. The van der Waals surface area contributed by atoms with Gasteiger partial charge in [-0.2, -0.15) is 0 Å². The Balaban J connectivity index is 2.21. The molecule has 1 atom stereocenters. The van der Waals surface area contributed by atoms with Gasteiger partial charge in [-0.25, -0.2) is 4.98 Å². The number of fused-ring (bicyclic) bond motifs is 1. The van der Waals surface area contributed by atoms with Crippen molar-refractivity contribution >= 4 is 17.0 Å². The first kappa shape index (κ1) is 15.5. The summed E-state index contributed by atoms with van der Waals surface area (Å²) in [4.78, 5) is 16.4. The second kappa shape index (κ2) is 6.72. The Hall–Kier alpha value is -1.88. The van der Waals surface area contributed by atoms with Crippen molar-refractivity contribution in [2.45, 2.75) is 39.9 Å². The molecule has 0 spiro atoms. The minimum atomic E-state index is -0.319. The largest absolute Gasteiger partial charge is 0.468 e. The summed E-state index contributed by atoms with van der Waals surface area (Å²) in [6.07, 6.45) is 0. The number of carbonyl (C=O) groups excluding carboxylic acids is 1. The third-order valence-electron chi connectivity index (χ3n) is 3.65. The van der Waals surface area contributed by atoms with Gasteiger partial charge in [0.25, 0.3) is 0 Å². The van der Waals surface area contributed by atoms with Crippen LogP contribution in [-0.4, -0.2) is 28.7 Å². The number of nitrogens with zero attached hydrogens (tertiary/aromatic N) is 2. The van der Waals surface area contributed by atoms with Gasteiger partial charge in [-0.05, 0) is 25.0 Å². The first-order valence-corrected chi connectivity index (χ1v) is 7.33. The molecule has 1 heterocycles. The van der Waals surface area contributed by atoms with Crippen LogP contribution in [0.3, 0.4) is 0 Å². The van der Waals surface area contributed by atoms with E-state index in [9.17, 15) is 4.79 Å². The van der Waals surface area contributed by atoms with Crippen LogP contribution in [0.25, 0.3) is 11.0 Å². The number of esters is 1. The highest BCUT2D eigenvalue weighted by Gasteiger charge is 2.23. The molecule has 0 aliphatic rings. The van der Waals surface area contributed by atoms with Gasteiger partial charge in [0.1, 0.15) is 11.9 Å². The molecule has 1 N–H and O–H groups in total. The zero-order valence-corrected chi connectivity index (χ0v) is 13.1. The van der Waals surface area contributed by atoms with E-state index in [1.807, 2.05) is 32.0 Å². The Morgan fingerprint density at radius 1 is 1.38 bits per heavy atom. The van der Waals surface area contributed by atoms with Gasteiger partial charge in [0.05, 0.1) is 24.7 Å². The predicted molar refractivity (Wildman–Crippen MR) is 82.9 cm³/mol. The Kier molecular flexibility index (Phi) is 4.96. The highest BCUT2D eigenvalue weighted by molar-refractivity contribution is 5.76. The van der Waals surface area contributed by atoms with Crippen molar-refractivity contribution in [2.24, 2.45) is 5.92 Å². The average Bonchev–Trinajstić information content (AvgIpc) is 2.84. The van der Waals surface area contributed by atoms with Gasteiger partial charge in [-0.15, -0.1) is 0 Å². The molecule has 5 heteroatoms. The predicted octanol–water partition coefficient (Wildman–Crippen LogP) is 2.34. The smallest absolute Gasteiger partial charge is 0.323 e. The monoisotopic (exact) mass is 289 g/mol. The number of hydrogen-bond acceptors (Lipinski definition) is 4. The van der Waals surface area contributed by atoms with Crippen LogP contribution < -0.4 is 5.32 Å². The Morgan fingerprint density at radius 3 is 2.71 bits per heavy atom. The van der Waals surface area contributed by atoms with Gasteiger partial charge in [0, 0.05) is 6.54 Å². The Morgan fingerprint density at radius 2 is 2.10 bits per heavy atom. The van der Waals surface area contributed by atoms with Gasteiger partial charge in [-0.1, -0.05) is 26.0 Å². The molecule has 0 aliphatic heterocycles. The molecule has 114 valence electrons. The number of carbonyl (C=O) groups is 1. The van der Waals surface area contributed by atoms with E-state index in [1.165, 1.54) is 7.11 Å². The first-order valence-electron chi connectivity index (χ1n) is 7.33. The fourth-order valence-electron chi connectivity index (χ4n) is 2.53. The number of para-hydroxylation sites is 2. The van der Waals surface area contributed by atoms with Crippen molar-refractivity contribution in [3.8, 4) is 0 Å². The molecule has 0 radical (unpaired) electrons. The number of rotatable bonds is 6. The van der Waals surface area contributed by atoms with E-state index in [0.717, 1.165) is 23.4 Å². The van der Waals surface area contributed by atoms with E-state index in [1.54, 1.807) is 0 Å². The zero-order valence-electron chi connectivity index (χ0n) is 13.1. The van der Waals surface area contributed by atoms with Crippen LogP contribution >= 0.6 is 0 Å². The molecule has 0 saturated carbocycles. The maximum absolute atomic E-state index is 11.8. The highest BCUT2D eigenvalue weighted by atomic mass is 16.5. The van der Waals surface area contributed by atoms with E-state index in [4.69, 9.17) is 4.74 Å². The second-order valence-electron chi connectivity index (χ2n) is 5.39. The Labute approximate surface area is 125 Å². The van der Waals surface area contributed by atoms with Crippen molar-refractivity contribution in [3.05, 3.63) is 30.1 Å². The molecular formula is C16H23N3O2. The lowest BCUT2D eigenvalue weighted by Gasteiger charge is -2.19. The molecule has 21 heavy (non-hydrogen) atoms. The third-order valence-corrected chi connectivity index (χ3v) is 3.65. The molecule has 0 saturated heterocycles. The van der Waals surface area contributed by atoms with Gasteiger partial charge in [-0.3, -0.25) is 10.1 Å². The van der Waals surface area contributed by atoms with Gasteiger partial charge in [0.15, 0.2) is 0 Å². The van der Waals surface area contributed by atoms with Crippen molar-refractivity contribution < 1.29 is 9.53 Å². The van der Waals surface area contributed by atoms with Gasteiger partial charge >= 0.3 is 5.97 Å². The van der Waals surface area contributed by atoms with E-state index in [-0.39, 0.29) is 17.9 Å². The van der Waals surface area contributed by atoms with E-state index < -0.39 is 0 Å². The van der Waals surface area contributed by atoms with Crippen molar-refractivity contribution in [2.75, 3.05) is 7.11 Å². The minimum absolute atomic E-state index is 0.164. The fraction of sp³-hybridized carbons (Fsp3) is 0.500. The molecule has 0 fully saturated rings. The van der Waals surface area contributed by atoms with Crippen LogP contribution in [0.1, 0.15) is 26.6 Å². The summed E-state index contributed by atoms with van der Waals surface area (Å²) >= 11 is 0. The lowest BCUT2D eigenvalue weighted by molar-refractivity contribution is -0.144. The summed E-state index contributed by atoms with van der Waals surface area (Å²) in [5.41, 5.74) is 2.10. The molecule has 5 nitrogen and oxygen atoms in total. The van der Waals surface area contributed by atoms with Gasteiger partial charge in [0.2, 0.25) is 0 Å². The number of ether oxygens (including phenoxy) is 1. The highest BCUT2D eigenvalue weighted by Crippen LogP contribution is 2.16. The van der Waals surface area contributed by atoms with E-state index in [2.05, 4.69) is 27.9 Å². The van der Waals surface area contributed by atoms with Crippen LogP contribution in [0.15, 0.2) is 24.3 Å². The second-order valence-corrected chi connectivity index (χ2v) is 5.39. The summed E-state index contributed by atoms with van der Waals surface area (Å²) < 4.78 is 7.01. The van der Waals surface area contributed by atoms with Crippen LogP contribution in [0.4, 0.5) is 0 Å². The number of nitrogens with one attached hydrogen (secondary N) is 1. The maximum atomic E-state index is 11.8. The zero-order chi connectivity index (χ0) is 15.4. The van der Waals surface area contributed by atoms with Crippen LogP contribution in [-0.2, 0) is 22.6 Å². The number of benzene rings is 1. The molecule has 0 bridgehead atoms. The average molecular weight is 289 g/mol. The lowest BCUT2D eigenvalue weighted by Crippen LogP contribution is -2.41. The SMILES string of the molecule is CCn1c(CN[C@H](C(=O)OC)C(C)C)nc2ccccc21. The molecule has 0 amide bonds. The number of aryl methyl sites for hydroxylation is 1. The molecule has 0 unspecified atom stereocenters. The minimum Gasteiger partial charge on any atom is -0.468 e. The first-order chi connectivity index (χ1) is 10.1. The quantitative estimate of drug-likeness (QED) is 0.829. The van der Waals surface area contributed by atoms with Gasteiger partial charge < -0.3 is 9.30 Å². The normalized spacial score (nSPS) is 12.8. The topological polar surface area (TPSA) is 56.2 Å². The summed E-state index contributed by atoms with van der Waals surface area (Å²) in [6, 6.07) is 7.75. The number of hydrogen-bond donors (Lipinski definition) is 1. The molecule has 2 aromatic rings. The number of methoxy groups -OCH3 is 1. The fourth-order valence-corrected chi connectivity index (χ4v) is 2.53. The summed E-state index contributed by atoms with van der Waals surface area (Å²) in [5, 5.41) is 3.26. The third kappa shape index (κ3) is 3.24. The molecular weight excluding hydrogens is 266 g/mol. The van der Waals surface area contributed by atoms with Crippen molar-refractivity contribution in [1.29, 1.82) is 0 Å². The number of imidazole rings is 1. The maximum Gasteiger partial charge on any atom is 0.323 e.